The number of aryl methyl sites for hydroxylation is 1. The fourth-order valence-electron chi connectivity index (χ4n) is 2.97. The van der Waals surface area contributed by atoms with Gasteiger partial charge in [-0.05, 0) is 34.9 Å². The second-order valence-electron chi connectivity index (χ2n) is 6.69. The highest BCUT2D eigenvalue weighted by molar-refractivity contribution is 7.07. The van der Waals surface area contributed by atoms with Crippen LogP contribution in [-0.4, -0.2) is 54.5 Å². The number of hydrogen-bond donors (Lipinski definition) is 0. The van der Waals surface area contributed by atoms with Gasteiger partial charge in [0.1, 0.15) is 5.82 Å². The van der Waals surface area contributed by atoms with Crippen LogP contribution in [0.1, 0.15) is 17.5 Å². The van der Waals surface area contributed by atoms with Gasteiger partial charge in [-0.15, -0.1) is 0 Å². The van der Waals surface area contributed by atoms with Crippen LogP contribution in [0, 0.1) is 0 Å². The Morgan fingerprint density at radius 2 is 1.97 bits per heavy atom. The Morgan fingerprint density at radius 3 is 2.57 bits per heavy atom. The summed E-state index contributed by atoms with van der Waals surface area (Å²) in [5.74, 6) is -0.504. The van der Waals surface area contributed by atoms with Gasteiger partial charge in [0.25, 0.3) is 5.91 Å². The zero-order valence-electron chi connectivity index (χ0n) is 15.8. The van der Waals surface area contributed by atoms with Crippen LogP contribution in [0.2, 0.25) is 5.02 Å². The molecule has 0 radical (unpaired) electrons. The maximum absolute atomic E-state index is 12.7. The van der Waals surface area contributed by atoms with Gasteiger partial charge < -0.3 is 14.5 Å². The van der Waals surface area contributed by atoms with E-state index in [1.165, 1.54) is 0 Å². The number of rotatable bonds is 6. The summed E-state index contributed by atoms with van der Waals surface area (Å²) >= 11 is 7.53. The Balaban J connectivity index is 1.44. The Hall–Kier alpha value is -2.33. The van der Waals surface area contributed by atoms with Crippen LogP contribution in [0.25, 0.3) is 0 Å². The Kier molecular flexibility index (Phi) is 7.19. The molecule has 0 N–H and O–H groups in total. The second-order valence-corrected chi connectivity index (χ2v) is 7.87. The minimum atomic E-state index is -4.51. The molecule has 1 amide bonds. The summed E-state index contributed by atoms with van der Waals surface area (Å²) in [6.45, 7) is 1.03. The summed E-state index contributed by atoms with van der Waals surface area (Å²) in [5.41, 5.74) is 0.140. The highest BCUT2D eigenvalue weighted by Gasteiger charge is 2.32. The average molecular weight is 462 g/mol. The first kappa shape index (κ1) is 22.4. The third-order valence-electron chi connectivity index (χ3n) is 4.64. The molecular weight excluding hydrogens is 443 g/mol. The summed E-state index contributed by atoms with van der Waals surface area (Å²) in [6.07, 6.45) is -3.00. The van der Waals surface area contributed by atoms with Crippen LogP contribution in [0.3, 0.4) is 0 Å². The predicted molar refractivity (Wildman–Crippen MR) is 107 cm³/mol. The number of nitrogens with zero attached hydrogens (tertiary/aromatic N) is 3. The minimum absolute atomic E-state index is 0.0934. The van der Waals surface area contributed by atoms with Crippen molar-refractivity contribution in [3.05, 3.63) is 45.2 Å². The quantitative estimate of drug-likeness (QED) is 0.615. The molecule has 162 valence electrons. The first-order chi connectivity index (χ1) is 14.2. The van der Waals surface area contributed by atoms with E-state index < -0.39 is 17.7 Å². The van der Waals surface area contributed by atoms with Gasteiger partial charge in [-0.2, -0.15) is 24.5 Å². The molecule has 1 aliphatic heterocycles. The maximum Gasteiger partial charge on any atom is 0.417 e. The number of aromatic nitrogens is 1. The third kappa shape index (κ3) is 5.85. The summed E-state index contributed by atoms with van der Waals surface area (Å²) in [7, 11) is 0. The van der Waals surface area contributed by atoms with E-state index in [2.05, 4.69) is 4.98 Å². The zero-order chi connectivity index (χ0) is 21.7. The number of carbonyl (C=O) groups excluding carboxylic acids is 2. The third-order valence-corrected chi connectivity index (χ3v) is 5.65. The van der Waals surface area contributed by atoms with Crippen molar-refractivity contribution in [3.8, 4) is 0 Å². The van der Waals surface area contributed by atoms with Crippen LogP contribution in [0.15, 0.2) is 29.1 Å². The summed E-state index contributed by atoms with van der Waals surface area (Å²) in [6, 6.07) is 2.78. The molecule has 2 aromatic heterocycles. The van der Waals surface area contributed by atoms with Crippen molar-refractivity contribution in [2.45, 2.75) is 19.0 Å². The number of thiophene rings is 1. The van der Waals surface area contributed by atoms with Gasteiger partial charge in [-0.1, -0.05) is 11.6 Å². The van der Waals surface area contributed by atoms with E-state index >= 15 is 0 Å². The molecule has 3 heterocycles. The van der Waals surface area contributed by atoms with Crippen molar-refractivity contribution < 1.29 is 27.5 Å². The lowest BCUT2D eigenvalue weighted by atomic mass is 10.2. The van der Waals surface area contributed by atoms with E-state index in [-0.39, 0.29) is 29.8 Å². The fourth-order valence-corrected chi connectivity index (χ4v) is 3.96. The molecule has 0 bridgehead atoms. The fraction of sp³-hybridized carbons (Fsp3) is 0.421. The van der Waals surface area contributed by atoms with E-state index in [0.717, 1.165) is 17.8 Å². The number of esters is 1. The van der Waals surface area contributed by atoms with Gasteiger partial charge >= 0.3 is 12.1 Å². The molecule has 6 nitrogen and oxygen atoms in total. The summed E-state index contributed by atoms with van der Waals surface area (Å²) in [5, 5.41) is 3.79. The molecule has 1 saturated heterocycles. The van der Waals surface area contributed by atoms with Crippen LogP contribution in [0.4, 0.5) is 19.0 Å². The largest absolute Gasteiger partial charge is 0.456 e. The van der Waals surface area contributed by atoms with E-state index in [0.29, 0.717) is 32.6 Å². The lowest BCUT2D eigenvalue weighted by Gasteiger charge is -2.35. The molecule has 2 aromatic rings. The Labute approximate surface area is 180 Å². The molecule has 3 rings (SSSR count). The molecule has 11 heteroatoms. The average Bonchev–Trinajstić information content (AvgIpc) is 3.23. The van der Waals surface area contributed by atoms with Crippen LogP contribution in [-0.2, 0) is 26.9 Å². The van der Waals surface area contributed by atoms with Gasteiger partial charge in [0.2, 0.25) is 0 Å². The number of ether oxygens (including phenoxy) is 1. The van der Waals surface area contributed by atoms with E-state index in [9.17, 15) is 22.8 Å². The van der Waals surface area contributed by atoms with Crippen molar-refractivity contribution in [3.63, 3.8) is 0 Å². The van der Waals surface area contributed by atoms with Gasteiger partial charge in [0.15, 0.2) is 6.61 Å². The number of amides is 1. The number of hydrogen-bond acceptors (Lipinski definition) is 6. The highest BCUT2D eigenvalue weighted by atomic mass is 35.5. The van der Waals surface area contributed by atoms with Gasteiger partial charge in [-0.25, -0.2) is 4.98 Å². The first-order valence-electron chi connectivity index (χ1n) is 9.16. The molecule has 1 aliphatic rings. The monoisotopic (exact) mass is 461 g/mol. The lowest BCUT2D eigenvalue weighted by Crippen LogP contribution is -2.50. The van der Waals surface area contributed by atoms with Gasteiger partial charge in [0, 0.05) is 38.8 Å². The SMILES string of the molecule is O=C(CCc1ccsc1)OCC(=O)N1CCN(c2ncc(C(F)(F)F)cc2Cl)CC1. The second kappa shape index (κ2) is 9.65. The molecule has 0 atom stereocenters. The lowest BCUT2D eigenvalue weighted by molar-refractivity contribution is -0.152. The number of piperazine rings is 1. The Morgan fingerprint density at radius 1 is 1.23 bits per heavy atom. The number of alkyl halides is 3. The number of anilines is 1. The number of carbonyl (C=O) groups is 2. The smallest absolute Gasteiger partial charge is 0.417 e. The van der Waals surface area contributed by atoms with Crippen LogP contribution < -0.4 is 4.90 Å². The molecule has 30 heavy (non-hydrogen) atoms. The van der Waals surface area contributed by atoms with Crippen molar-refractivity contribution in [2.75, 3.05) is 37.7 Å². The molecular formula is C19H19ClF3N3O3S. The highest BCUT2D eigenvalue weighted by Crippen LogP contribution is 2.33. The topological polar surface area (TPSA) is 62.7 Å². The minimum Gasteiger partial charge on any atom is -0.456 e. The van der Waals surface area contributed by atoms with E-state index in [1.54, 1.807) is 21.1 Å². The van der Waals surface area contributed by atoms with Crippen molar-refractivity contribution in [2.24, 2.45) is 0 Å². The normalized spacial score (nSPS) is 14.7. The number of halogens is 4. The molecule has 0 aliphatic carbocycles. The maximum atomic E-state index is 12.7. The predicted octanol–water partition coefficient (Wildman–Crippen LogP) is 3.64. The summed E-state index contributed by atoms with van der Waals surface area (Å²) in [4.78, 5) is 31.2. The van der Waals surface area contributed by atoms with E-state index in [1.807, 2.05) is 16.8 Å². The molecule has 0 unspecified atom stereocenters. The van der Waals surface area contributed by atoms with Crippen molar-refractivity contribution in [1.29, 1.82) is 0 Å². The standard InChI is InChI=1S/C19H19ClF3N3O3S/c20-15-9-14(19(21,22)23)10-24-18(15)26-6-4-25(5-7-26)16(27)11-29-17(28)2-1-13-3-8-30-12-13/h3,8-10,12H,1-2,4-7,11H2. The van der Waals surface area contributed by atoms with Crippen molar-refractivity contribution in [1.82, 2.24) is 9.88 Å². The first-order valence-corrected chi connectivity index (χ1v) is 10.5. The van der Waals surface area contributed by atoms with Gasteiger partial charge in [-0.3, -0.25) is 9.59 Å². The molecule has 0 saturated carbocycles. The molecule has 0 spiro atoms. The molecule has 1 fully saturated rings. The molecule has 0 aromatic carbocycles. The number of pyridine rings is 1. The van der Waals surface area contributed by atoms with Crippen LogP contribution in [0.5, 0.6) is 0 Å². The van der Waals surface area contributed by atoms with Crippen molar-refractivity contribution >= 4 is 40.6 Å². The zero-order valence-corrected chi connectivity index (χ0v) is 17.4. The van der Waals surface area contributed by atoms with Gasteiger partial charge in [0.05, 0.1) is 10.6 Å². The summed E-state index contributed by atoms with van der Waals surface area (Å²) < 4.78 is 43.3. The van der Waals surface area contributed by atoms with Crippen LogP contribution >= 0.6 is 22.9 Å². The Bertz CT molecular complexity index is 885. The van der Waals surface area contributed by atoms with E-state index in [4.69, 9.17) is 16.3 Å².